The SMILES string of the molecule is Cc1ccc(N2C[C@@H](C(=O)NNC(=O)c3ccccc3F)CC2=O)cc1C. The third-order valence-electron chi connectivity index (χ3n) is 4.72. The summed E-state index contributed by atoms with van der Waals surface area (Å²) in [6.07, 6.45) is 0.0499. The molecule has 1 heterocycles. The molecule has 3 amide bonds. The van der Waals surface area contributed by atoms with Gasteiger partial charge in [0.25, 0.3) is 5.91 Å². The number of carbonyl (C=O) groups excluding carboxylic acids is 3. The highest BCUT2D eigenvalue weighted by Gasteiger charge is 2.35. The molecule has 140 valence electrons. The third-order valence-corrected chi connectivity index (χ3v) is 4.72. The number of hydrogen-bond donors (Lipinski definition) is 2. The Kier molecular flexibility index (Phi) is 5.21. The minimum Gasteiger partial charge on any atom is -0.312 e. The molecule has 0 spiro atoms. The minimum atomic E-state index is -0.753. The molecule has 0 bridgehead atoms. The van der Waals surface area contributed by atoms with E-state index >= 15 is 0 Å². The fourth-order valence-corrected chi connectivity index (χ4v) is 2.96. The maximum atomic E-state index is 13.6. The Hall–Kier alpha value is -3.22. The van der Waals surface area contributed by atoms with Crippen LogP contribution in [0.1, 0.15) is 27.9 Å². The van der Waals surface area contributed by atoms with Crippen LogP contribution >= 0.6 is 0 Å². The van der Waals surface area contributed by atoms with Crippen molar-refractivity contribution >= 4 is 23.4 Å². The Morgan fingerprint density at radius 2 is 1.81 bits per heavy atom. The van der Waals surface area contributed by atoms with E-state index in [1.165, 1.54) is 18.2 Å². The summed E-state index contributed by atoms with van der Waals surface area (Å²) in [4.78, 5) is 38.1. The van der Waals surface area contributed by atoms with Gasteiger partial charge in [-0.3, -0.25) is 25.2 Å². The van der Waals surface area contributed by atoms with Crippen LogP contribution in [0.2, 0.25) is 0 Å². The van der Waals surface area contributed by atoms with E-state index < -0.39 is 23.5 Å². The maximum absolute atomic E-state index is 13.6. The molecule has 2 N–H and O–H groups in total. The van der Waals surface area contributed by atoms with Crippen molar-refractivity contribution in [1.82, 2.24) is 10.9 Å². The van der Waals surface area contributed by atoms with Crippen molar-refractivity contribution < 1.29 is 18.8 Å². The average molecular weight is 369 g/mol. The molecular weight excluding hydrogens is 349 g/mol. The number of amides is 3. The van der Waals surface area contributed by atoms with Gasteiger partial charge in [0.05, 0.1) is 11.5 Å². The van der Waals surface area contributed by atoms with Crippen molar-refractivity contribution in [3.63, 3.8) is 0 Å². The summed E-state index contributed by atoms with van der Waals surface area (Å²) in [6.45, 7) is 4.17. The van der Waals surface area contributed by atoms with E-state index in [1.807, 2.05) is 32.0 Å². The molecule has 1 atom stereocenters. The van der Waals surface area contributed by atoms with E-state index in [4.69, 9.17) is 0 Å². The summed E-state index contributed by atoms with van der Waals surface area (Å²) in [7, 11) is 0. The van der Waals surface area contributed by atoms with Crippen LogP contribution in [0.4, 0.5) is 10.1 Å². The molecule has 2 aromatic rings. The van der Waals surface area contributed by atoms with Crippen LogP contribution in [0, 0.1) is 25.6 Å². The molecule has 7 heteroatoms. The second-order valence-electron chi connectivity index (χ2n) is 6.60. The number of hydrazine groups is 1. The van der Waals surface area contributed by atoms with E-state index in [0.717, 1.165) is 22.9 Å². The number of halogens is 1. The lowest BCUT2D eigenvalue weighted by atomic mass is 10.1. The molecule has 1 aliphatic heterocycles. The number of rotatable bonds is 3. The van der Waals surface area contributed by atoms with Crippen LogP contribution in [0.5, 0.6) is 0 Å². The standard InChI is InChI=1S/C20H20FN3O3/c1-12-7-8-15(9-13(12)2)24-11-14(10-18(24)25)19(26)22-23-20(27)16-5-3-4-6-17(16)21/h3-9,14H,10-11H2,1-2H3,(H,22,26)(H,23,27)/t14-/m0/s1. The maximum Gasteiger partial charge on any atom is 0.272 e. The van der Waals surface area contributed by atoms with E-state index in [1.54, 1.807) is 4.90 Å². The molecular formula is C20H20FN3O3. The minimum absolute atomic E-state index is 0.0499. The van der Waals surface area contributed by atoms with Gasteiger partial charge in [0.1, 0.15) is 5.82 Å². The van der Waals surface area contributed by atoms with Gasteiger partial charge < -0.3 is 4.90 Å². The van der Waals surface area contributed by atoms with Crippen LogP contribution in [0.25, 0.3) is 0 Å². The first-order chi connectivity index (χ1) is 12.9. The summed E-state index contributed by atoms with van der Waals surface area (Å²) in [5.41, 5.74) is 7.23. The zero-order valence-electron chi connectivity index (χ0n) is 15.1. The van der Waals surface area contributed by atoms with Crippen LogP contribution in [-0.2, 0) is 9.59 Å². The number of benzene rings is 2. The Balaban J connectivity index is 1.61. The normalized spacial score (nSPS) is 16.3. The van der Waals surface area contributed by atoms with Crippen LogP contribution < -0.4 is 15.8 Å². The summed E-state index contributed by atoms with van der Waals surface area (Å²) >= 11 is 0. The van der Waals surface area contributed by atoms with Crippen molar-refractivity contribution in [3.8, 4) is 0 Å². The van der Waals surface area contributed by atoms with Crippen LogP contribution in [0.15, 0.2) is 42.5 Å². The van der Waals surface area contributed by atoms with Gasteiger partial charge in [-0.2, -0.15) is 0 Å². The topological polar surface area (TPSA) is 78.5 Å². The predicted octanol–water partition coefficient (Wildman–Crippen LogP) is 2.26. The van der Waals surface area contributed by atoms with Gasteiger partial charge in [-0.25, -0.2) is 4.39 Å². The zero-order valence-corrected chi connectivity index (χ0v) is 15.1. The number of aryl methyl sites for hydroxylation is 2. The Morgan fingerprint density at radius 1 is 1.07 bits per heavy atom. The van der Waals surface area contributed by atoms with E-state index in [-0.39, 0.29) is 24.4 Å². The highest BCUT2D eigenvalue weighted by Crippen LogP contribution is 2.26. The Labute approximate surface area is 156 Å². The number of carbonyl (C=O) groups is 3. The monoisotopic (exact) mass is 369 g/mol. The van der Waals surface area contributed by atoms with Crippen molar-refractivity contribution in [1.29, 1.82) is 0 Å². The van der Waals surface area contributed by atoms with E-state index in [2.05, 4.69) is 10.9 Å². The van der Waals surface area contributed by atoms with Crippen molar-refractivity contribution in [2.24, 2.45) is 5.92 Å². The van der Waals surface area contributed by atoms with Crippen molar-refractivity contribution in [3.05, 3.63) is 65.0 Å². The predicted molar refractivity (Wildman–Crippen MR) is 98.4 cm³/mol. The molecule has 1 fully saturated rings. The second kappa shape index (κ2) is 7.57. The smallest absolute Gasteiger partial charge is 0.272 e. The molecule has 0 unspecified atom stereocenters. The highest BCUT2D eigenvalue weighted by atomic mass is 19.1. The lowest BCUT2D eigenvalue weighted by Crippen LogP contribution is -2.45. The number of nitrogens with zero attached hydrogens (tertiary/aromatic N) is 1. The summed E-state index contributed by atoms with van der Waals surface area (Å²) in [5, 5.41) is 0. The molecule has 3 rings (SSSR count). The summed E-state index contributed by atoms with van der Waals surface area (Å²) in [5.74, 6) is -2.67. The molecule has 0 saturated carbocycles. The molecule has 1 aliphatic rings. The molecule has 0 radical (unpaired) electrons. The first kappa shape index (κ1) is 18.6. The fourth-order valence-electron chi connectivity index (χ4n) is 2.96. The fraction of sp³-hybridized carbons (Fsp3) is 0.250. The van der Waals surface area contributed by atoms with Crippen molar-refractivity contribution in [2.45, 2.75) is 20.3 Å². The van der Waals surface area contributed by atoms with Gasteiger partial charge in [-0.1, -0.05) is 18.2 Å². The van der Waals surface area contributed by atoms with E-state index in [0.29, 0.717) is 0 Å². The molecule has 2 aromatic carbocycles. The molecule has 0 aromatic heterocycles. The summed E-state index contributed by atoms with van der Waals surface area (Å²) in [6, 6.07) is 11.2. The molecule has 1 saturated heterocycles. The Bertz CT molecular complexity index is 913. The van der Waals surface area contributed by atoms with Gasteiger partial charge in [0.2, 0.25) is 11.8 Å². The Morgan fingerprint density at radius 3 is 2.52 bits per heavy atom. The van der Waals surface area contributed by atoms with Gasteiger partial charge in [-0.05, 0) is 49.2 Å². The average Bonchev–Trinajstić information content (AvgIpc) is 3.04. The number of anilines is 1. The van der Waals surface area contributed by atoms with Gasteiger partial charge in [-0.15, -0.1) is 0 Å². The quantitative estimate of drug-likeness (QED) is 0.815. The second-order valence-corrected chi connectivity index (χ2v) is 6.60. The van der Waals surface area contributed by atoms with Gasteiger partial charge >= 0.3 is 0 Å². The molecule has 6 nitrogen and oxygen atoms in total. The van der Waals surface area contributed by atoms with Gasteiger partial charge in [0, 0.05) is 18.7 Å². The lowest BCUT2D eigenvalue weighted by Gasteiger charge is -2.18. The molecule has 0 aliphatic carbocycles. The van der Waals surface area contributed by atoms with E-state index in [9.17, 15) is 18.8 Å². The highest BCUT2D eigenvalue weighted by molar-refractivity contribution is 6.01. The largest absolute Gasteiger partial charge is 0.312 e. The van der Waals surface area contributed by atoms with Gasteiger partial charge in [0.15, 0.2) is 0 Å². The number of hydrogen-bond acceptors (Lipinski definition) is 3. The van der Waals surface area contributed by atoms with Crippen molar-refractivity contribution in [2.75, 3.05) is 11.4 Å². The first-order valence-corrected chi connectivity index (χ1v) is 8.59. The van der Waals surface area contributed by atoms with Crippen LogP contribution in [0.3, 0.4) is 0 Å². The molecule has 27 heavy (non-hydrogen) atoms. The summed E-state index contributed by atoms with van der Waals surface area (Å²) < 4.78 is 13.6. The lowest BCUT2D eigenvalue weighted by molar-refractivity contribution is -0.126. The third kappa shape index (κ3) is 3.97. The number of nitrogens with one attached hydrogen (secondary N) is 2. The van der Waals surface area contributed by atoms with Crippen LogP contribution in [-0.4, -0.2) is 24.3 Å². The zero-order chi connectivity index (χ0) is 19.6. The first-order valence-electron chi connectivity index (χ1n) is 8.59.